The van der Waals surface area contributed by atoms with Gasteiger partial charge in [-0.25, -0.2) is 0 Å². The number of phosphoric acid groups is 1. The average molecular weight is 1010 g/mol. The number of hydrogen-bond acceptors (Lipinski definition) is 6. The number of hydrogen-bond donors (Lipinski definition) is 2. The van der Waals surface area contributed by atoms with Crippen LogP contribution in [0.15, 0.2) is 36.5 Å². The summed E-state index contributed by atoms with van der Waals surface area (Å²) in [4.78, 5) is 25.5. The van der Waals surface area contributed by atoms with Gasteiger partial charge in [-0.3, -0.25) is 9.36 Å². The van der Waals surface area contributed by atoms with E-state index in [9.17, 15) is 19.4 Å². The van der Waals surface area contributed by atoms with Crippen LogP contribution in [0, 0.1) is 0 Å². The molecule has 0 saturated heterocycles. The molecule has 0 bridgehead atoms. The van der Waals surface area contributed by atoms with E-state index in [1.807, 2.05) is 27.2 Å². The number of aliphatic hydroxyl groups excluding tert-OH is 1. The number of carbonyl (C=O) groups excluding carboxylic acids is 1. The van der Waals surface area contributed by atoms with Crippen LogP contribution in [-0.4, -0.2) is 68.5 Å². The second-order valence-corrected chi connectivity index (χ2v) is 23.5. The zero-order chi connectivity index (χ0) is 51.3. The number of phosphoric ester groups is 1. The number of amides is 1. The molecule has 9 heteroatoms. The molecule has 0 aliphatic rings. The predicted octanol–water partition coefficient (Wildman–Crippen LogP) is 17.9. The van der Waals surface area contributed by atoms with Gasteiger partial charge in [0.15, 0.2) is 0 Å². The Balaban J connectivity index is 4.15. The van der Waals surface area contributed by atoms with Crippen molar-refractivity contribution in [3.8, 4) is 0 Å². The summed E-state index contributed by atoms with van der Waals surface area (Å²) in [6.45, 7) is 4.66. The van der Waals surface area contributed by atoms with Crippen LogP contribution in [0.3, 0.4) is 0 Å². The minimum atomic E-state index is -4.61. The van der Waals surface area contributed by atoms with Gasteiger partial charge < -0.3 is 28.8 Å². The molecule has 0 fully saturated rings. The standard InChI is InChI=1S/C61H119N2O6P/c1-6-8-10-12-14-16-18-20-22-24-25-26-27-28-29-30-31-32-33-34-35-36-37-38-39-40-42-44-46-48-50-52-54-60(64)59(58-69-70(66,67)68-57-56-63(3,4)5)62-61(65)55-53-51-49-47-45-43-41-23-21-19-17-15-13-11-9-7-2/h38-39,44,46,52,54,59-60,64H,6-37,40-43,45,47-51,53,55-58H2,1-5H3,(H-,62,65,66,67)/b39-38+,46-44+,54-52+. The third-order valence-electron chi connectivity index (χ3n) is 13.8. The van der Waals surface area contributed by atoms with E-state index in [4.69, 9.17) is 9.05 Å². The molecular weight excluding hydrogens is 888 g/mol. The van der Waals surface area contributed by atoms with Gasteiger partial charge >= 0.3 is 0 Å². The summed E-state index contributed by atoms with van der Waals surface area (Å²) < 4.78 is 23.3. The van der Waals surface area contributed by atoms with E-state index in [0.29, 0.717) is 17.4 Å². The van der Waals surface area contributed by atoms with Crippen molar-refractivity contribution in [1.82, 2.24) is 5.32 Å². The molecule has 70 heavy (non-hydrogen) atoms. The molecule has 3 atom stereocenters. The maximum absolute atomic E-state index is 12.9. The van der Waals surface area contributed by atoms with E-state index in [1.54, 1.807) is 6.08 Å². The second-order valence-electron chi connectivity index (χ2n) is 22.0. The first kappa shape index (κ1) is 68.7. The van der Waals surface area contributed by atoms with Crippen LogP contribution >= 0.6 is 7.82 Å². The first-order valence-corrected chi connectivity index (χ1v) is 31.8. The Labute approximate surface area is 436 Å². The molecule has 0 aromatic carbocycles. The first-order valence-electron chi connectivity index (χ1n) is 30.4. The topological polar surface area (TPSA) is 108 Å². The van der Waals surface area contributed by atoms with E-state index in [2.05, 4.69) is 43.5 Å². The van der Waals surface area contributed by atoms with Crippen LogP contribution in [-0.2, 0) is 18.4 Å². The molecular formula is C61H119N2O6P. The number of likely N-dealkylation sites (N-methyl/N-ethyl adjacent to an activating group) is 1. The maximum atomic E-state index is 12.9. The second kappa shape index (κ2) is 52.6. The van der Waals surface area contributed by atoms with Gasteiger partial charge in [-0.05, 0) is 44.9 Å². The Kier molecular flexibility index (Phi) is 51.6. The summed E-state index contributed by atoms with van der Waals surface area (Å²) in [5, 5.41) is 13.9. The van der Waals surface area contributed by atoms with Crippen molar-refractivity contribution in [2.45, 2.75) is 309 Å². The van der Waals surface area contributed by atoms with Gasteiger partial charge in [0.25, 0.3) is 7.82 Å². The fraction of sp³-hybridized carbons (Fsp3) is 0.885. The normalized spacial score (nSPS) is 14.1. The number of rotatable bonds is 56. The van der Waals surface area contributed by atoms with Gasteiger partial charge in [0.1, 0.15) is 13.2 Å². The Morgan fingerprint density at radius 1 is 0.486 bits per heavy atom. The molecule has 1 amide bonds. The lowest BCUT2D eigenvalue weighted by atomic mass is 10.0. The van der Waals surface area contributed by atoms with Gasteiger partial charge in [-0.2, -0.15) is 0 Å². The van der Waals surface area contributed by atoms with Crippen LogP contribution in [0.25, 0.3) is 0 Å². The fourth-order valence-electron chi connectivity index (χ4n) is 9.07. The number of unbranched alkanes of at least 4 members (excludes halogenated alkanes) is 39. The lowest BCUT2D eigenvalue weighted by Crippen LogP contribution is -2.45. The molecule has 0 aromatic heterocycles. The number of aliphatic hydroxyl groups is 1. The monoisotopic (exact) mass is 1010 g/mol. The number of nitrogens with one attached hydrogen (secondary N) is 1. The van der Waals surface area contributed by atoms with E-state index in [1.165, 1.54) is 231 Å². The maximum Gasteiger partial charge on any atom is 0.268 e. The van der Waals surface area contributed by atoms with Gasteiger partial charge in [0.05, 0.1) is 39.9 Å². The molecule has 0 rings (SSSR count). The minimum Gasteiger partial charge on any atom is -0.756 e. The van der Waals surface area contributed by atoms with Crippen molar-refractivity contribution in [1.29, 1.82) is 0 Å². The minimum absolute atomic E-state index is 0.00742. The quantitative estimate of drug-likeness (QED) is 0.0272. The highest BCUT2D eigenvalue weighted by Gasteiger charge is 2.23. The van der Waals surface area contributed by atoms with Crippen LogP contribution in [0.5, 0.6) is 0 Å². The van der Waals surface area contributed by atoms with E-state index < -0.39 is 26.6 Å². The molecule has 0 heterocycles. The number of nitrogens with zero attached hydrogens (tertiary/aromatic N) is 1. The highest BCUT2D eigenvalue weighted by Crippen LogP contribution is 2.38. The Morgan fingerprint density at radius 3 is 1.16 bits per heavy atom. The van der Waals surface area contributed by atoms with Crippen molar-refractivity contribution in [2.24, 2.45) is 0 Å². The van der Waals surface area contributed by atoms with Crippen molar-refractivity contribution >= 4 is 13.7 Å². The highest BCUT2D eigenvalue weighted by atomic mass is 31.2. The Bertz CT molecular complexity index is 1230. The van der Waals surface area contributed by atoms with Crippen LogP contribution in [0.2, 0.25) is 0 Å². The zero-order valence-corrected chi connectivity index (χ0v) is 48.1. The van der Waals surface area contributed by atoms with Crippen LogP contribution in [0.4, 0.5) is 0 Å². The lowest BCUT2D eigenvalue weighted by molar-refractivity contribution is -0.870. The van der Waals surface area contributed by atoms with Gasteiger partial charge in [0, 0.05) is 6.42 Å². The Hall–Kier alpha value is -1.28. The number of carbonyl (C=O) groups is 1. The zero-order valence-electron chi connectivity index (χ0n) is 47.2. The van der Waals surface area contributed by atoms with E-state index >= 15 is 0 Å². The van der Waals surface area contributed by atoms with Crippen molar-refractivity contribution in [3.05, 3.63) is 36.5 Å². The van der Waals surface area contributed by atoms with Gasteiger partial charge in [0.2, 0.25) is 5.91 Å². The SMILES string of the molecule is CCCCCCCCCCCCCCCCCCCCCCCC/C=C/CC/C=C/CC/C=C/C(O)C(COP(=O)([O-])OCC[N+](C)(C)C)NC(=O)CCCCCCCCCCCCCCCCCC. The summed E-state index contributed by atoms with van der Waals surface area (Å²) in [6.07, 6.45) is 68.2. The molecule has 0 aliphatic heterocycles. The smallest absolute Gasteiger partial charge is 0.268 e. The van der Waals surface area contributed by atoms with Crippen LogP contribution in [0.1, 0.15) is 296 Å². The van der Waals surface area contributed by atoms with Crippen molar-refractivity contribution in [2.75, 3.05) is 40.9 Å². The van der Waals surface area contributed by atoms with Crippen molar-refractivity contribution in [3.63, 3.8) is 0 Å². The summed E-state index contributed by atoms with van der Waals surface area (Å²) >= 11 is 0. The molecule has 8 nitrogen and oxygen atoms in total. The molecule has 0 radical (unpaired) electrons. The Morgan fingerprint density at radius 2 is 0.800 bits per heavy atom. The lowest BCUT2D eigenvalue weighted by Gasteiger charge is -2.29. The van der Waals surface area contributed by atoms with Crippen molar-refractivity contribution < 1.29 is 32.9 Å². The van der Waals surface area contributed by atoms with Gasteiger partial charge in [-0.15, -0.1) is 0 Å². The number of allylic oxidation sites excluding steroid dienone is 5. The average Bonchev–Trinajstić information content (AvgIpc) is 3.32. The van der Waals surface area contributed by atoms with E-state index in [-0.39, 0.29) is 12.5 Å². The molecule has 414 valence electrons. The highest BCUT2D eigenvalue weighted by molar-refractivity contribution is 7.45. The molecule has 0 saturated carbocycles. The molecule has 0 aromatic rings. The first-order chi connectivity index (χ1) is 34.0. The molecule has 2 N–H and O–H groups in total. The fourth-order valence-corrected chi connectivity index (χ4v) is 9.79. The van der Waals surface area contributed by atoms with Gasteiger partial charge in [-0.1, -0.05) is 281 Å². The predicted molar refractivity (Wildman–Crippen MR) is 302 cm³/mol. The largest absolute Gasteiger partial charge is 0.756 e. The third kappa shape index (κ3) is 54.5. The molecule has 0 spiro atoms. The van der Waals surface area contributed by atoms with E-state index in [0.717, 1.165) is 44.9 Å². The summed E-state index contributed by atoms with van der Waals surface area (Å²) in [5.74, 6) is -0.207. The molecule has 0 aliphatic carbocycles. The summed E-state index contributed by atoms with van der Waals surface area (Å²) in [5.41, 5.74) is 0. The molecule has 3 unspecified atom stereocenters. The summed E-state index contributed by atoms with van der Waals surface area (Å²) in [7, 11) is 1.25. The number of quaternary nitrogens is 1. The third-order valence-corrected chi connectivity index (χ3v) is 14.8. The van der Waals surface area contributed by atoms with Crippen LogP contribution < -0.4 is 10.2 Å². The summed E-state index contributed by atoms with van der Waals surface area (Å²) in [6, 6.07) is -0.908.